The second-order valence-electron chi connectivity index (χ2n) is 5.62. The van der Waals surface area contributed by atoms with Gasteiger partial charge in [0.2, 0.25) is 0 Å². The van der Waals surface area contributed by atoms with Gasteiger partial charge < -0.3 is 15.0 Å². The summed E-state index contributed by atoms with van der Waals surface area (Å²) in [4.78, 5) is 6.49. The van der Waals surface area contributed by atoms with E-state index in [2.05, 4.69) is 29.2 Å². The number of likely N-dealkylation sites (N-methyl/N-ethyl adjacent to an activating group) is 1. The van der Waals surface area contributed by atoms with Gasteiger partial charge in [-0.25, -0.2) is 4.39 Å². The SMILES string of the molecule is CC(Nc1ccnc2cc(F)ccc12)C1CN(C)CCO1. The highest BCUT2D eigenvalue weighted by molar-refractivity contribution is 5.91. The quantitative estimate of drug-likeness (QED) is 0.942. The summed E-state index contributed by atoms with van der Waals surface area (Å²) in [5.74, 6) is -0.266. The van der Waals surface area contributed by atoms with Crippen LogP contribution in [0.3, 0.4) is 0 Å². The monoisotopic (exact) mass is 289 g/mol. The van der Waals surface area contributed by atoms with Gasteiger partial charge in [-0.2, -0.15) is 0 Å². The molecule has 3 rings (SSSR count). The first kappa shape index (κ1) is 14.2. The molecule has 1 aliphatic heterocycles. The number of morpholine rings is 1. The molecule has 1 aliphatic rings. The van der Waals surface area contributed by atoms with Crippen molar-refractivity contribution < 1.29 is 9.13 Å². The lowest BCUT2D eigenvalue weighted by Gasteiger charge is -2.34. The van der Waals surface area contributed by atoms with Crippen LogP contribution in [-0.4, -0.2) is 48.8 Å². The zero-order valence-corrected chi connectivity index (χ0v) is 12.3. The number of halogens is 1. The molecule has 21 heavy (non-hydrogen) atoms. The Morgan fingerprint density at radius 2 is 2.29 bits per heavy atom. The van der Waals surface area contributed by atoms with E-state index in [0.717, 1.165) is 30.8 Å². The van der Waals surface area contributed by atoms with Crippen LogP contribution in [0, 0.1) is 5.82 Å². The van der Waals surface area contributed by atoms with Crippen LogP contribution in [0.25, 0.3) is 10.9 Å². The van der Waals surface area contributed by atoms with E-state index in [9.17, 15) is 4.39 Å². The third kappa shape index (κ3) is 3.14. The molecule has 0 aliphatic carbocycles. The van der Waals surface area contributed by atoms with Crippen molar-refractivity contribution in [3.05, 3.63) is 36.3 Å². The van der Waals surface area contributed by atoms with E-state index >= 15 is 0 Å². The maximum Gasteiger partial charge on any atom is 0.125 e. The first-order valence-electron chi connectivity index (χ1n) is 7.24. The smallest absolute Gasteiger partial charge is 0.125 e. The second-order valence-corrected chi connectivity index (χ2v) is 5.62. The number of nitrogens with zero attached hydrogens (tertiary/aromatic N) is 2. The number of benzene rings is 1. The molecule has 0 saturated carbocycles. The van der Waals surface area contributed by atoms with Gasteiger partial charge in [0.1, 0.15) is 5.82 Å². The number of fused-ring (bicyclic) bond motifs is 1. The average Bonchev–Trinajstić information content (AvgIpc) is 2.47. The lowest BCUT2D eigenvalue weighted by molar-refractivity contribution is -0.0259. The minimum Gasteiger partial charge on any atom is -0.379 e. The predicted octanol–water partition coefficient (Wildman–Crippen LogP) is 2.50. The summed E-state index contributed by atoms with van der Waals surface area (Å²) in [6, 6.07) is 6.77. The predicted molar refractivity (Wildman–Crippen MR) is 82.0 cm³/mol. The average molecular weight is 289 g/mol. The van der Waals surface area contributed by atoms with E-state index in [1.807, 2.05) is 6.07 Å². The third-order valence-corrected chi connectivity index (χ3v) is 3.94. The minimum atomic E-state index is -0.266. The normalized spacial score (nSPS) is 21.4. The molecule has 1 N–H and O–H groups in total. The van der Waals surface area contributed by atoms with Crippen molar-refractivity contribution in [1.82, 2.24) is 9.88 Å². The maximum atomic E-state index is 13.3. The Kier molecular flexibility index (Phi) is 4.03. The lowest BCUT2D eigenvalue weighted by Crippen LogP contribution is -2.47. The second kappa shape index (κ2) is 5.95. The molecule has 2 heterocycles. The highest BCUT2D eigenvalue weighted by atomic mass is 19.1. The maximum absolute atomic E-state index is 13.3. The van der Waals surface area contributed by atoms with Crippen molar-refractivity contribution in [2.45, 2.75) is 19.1 Å². The Hall–Kier alpha value is -1.72. The van der Waals surface area contributed by atoms with Crippen LogP contribution >= 0.6 is 0 Å². The van der Waals surface area contributed by atoms with Gasteiger partial charge in [0.25, 0.3) is 0 Å². The van der Waals surface area contributed by atoms with Crippen molar-refractivity contribution in [2.75, 3.05) is 32.1 Å². The Morgan fingerprint density at radius 1 is 1.43 bits per heavy atom. The van der Waals surface area contributed by atoms with Crippen molar-refractivity contribution in [3.8, 4) is 0 Å². The molecule has 1 saturated heterocycles. The van der Waals surface area contributed by atoms with E-state index < -0.39 is 0 Å². The van der Waals surface area contributed by atoms with Crippen molar-refractivity contribution >= 4 is 16.6 Å². The van der Waals surface area contributed by atoms with Crippen LogP contribution in [0.15, 0.2) is 30.5 Å². The molecule has 5 heteroatoms. The Bertz CT molecular complexity index is 634. The molecule has 0 spiro atoms. The molecule has 2 atom stereocenters. The number of anilines is 1. The van der Waals surface area contributed by atoms with Crippen molar-refractivity contribution in [3.63, 3.8) is 0 Å². The van der Waals surface area contributed by atoms with Gasteiger partial charge in [0.05, 0.1) is 24.3 Å². The van der Waals surface area contributed by atoms with E-state index in [4.69, 9.17) is 4.74 Å². The summed E-state index contributed by atoms with van der Waals surface area (Å²) in [6.45, 7) is 4.75. The molecule has 1 aromatic heterocycles. The largest absolute Gasteiger partial charge is 0.379 e. The number of rotatable bonds is 3. The Labute approximate surface area is 123 Å². The highest BCUT2D eigenvalue weighted by Gasteiger charge is 2.23. The standard InChI is InChI=1S/C16H20FN3O/c1-11(16-10-20(2)7-8-21-16)19-14-5-6-18-15-9-12(17)3-4-13(14)15/h3-6,9,11,16H,7-8,10H2,1-2H3,(H,18,19). The van der Waals surface area contributed by atoms with Crippen LogP contribution in [0.1, 0.15) is 6.92 Å². The van der Waals surface area contributed by atoms with E-state index in [-0.39, 0.29) is 18.0 Å². The van der Waals surface area contributed by atoms with Gasteiger partial charge in [-0.05, 0) is 32.2 Å². The number of hydrogen-bond donors (Lipinski definition) is 1. The van der Waals surface area contributed by atoms with Gasteiger partial charge >= 0.3 is 0 Å². The highest BCUT2D eigenvalue weighted by Crippen LogP contribution is 2.24. The molecule has 112 valence electrons. The van der Waals surface area contributed by atoms with E-state index in [0.29, 0.717) is 5.52 Å². The number of aromatic nitrogens is 1. The summed E-state index contributed by atoms with van der Waals surface area (Å²) in [6.07, 6.45) is 1.84. The number of nitrogens with one attached hydrogen (secondary N) is 1. The molecular formula is C16H20FN3O. The summed E-state index contributed by atoms with van der Waals surface area (Å²) in [7, 11) is 2.10. The van der Waals surface area contributed by atoms with Crippen LogP contribution in [0.5, 0.6) is 0 Å². The minimum absolute atomic E-state index is 0.146. The molecule has 2 aromatic rings. The zero-order valence-electron chi connectivity index (χ0n) is 12.3. The van der Waals surface area contributed by atoms with Gasteiger partial charge in [-0.1, -0.05) is 0 Å². The summed E-state index contributed by atoms with van der Waals surface area (Å²) in [5, 5.41) is 4.41. The number of hydrogen-bond acceptors (Lipinski definition) is 4. The fraction of sp³-hybridized carbons (Fsp3) is 0.438. The van der Waals surface area contributed by atoms with Crippen LogP contribution < -0.4 is 5.32 Å². The molecule has 0 amide bonds. The van der Waals surface area contributed by atoms with E-state index in [1.54, 1.807) is 12.3 Å². The molecule has 2 unspecified atom stereocenters. The Balaban J connectivity index is 1.81. The molecule has 0 bridgehead atoms. The fourth-order valence-electron chi connectivity index (χ4n) is 2.70. The first-order chi connectivity index (χ1) is 10.1. The van der Waals surface area contributed by atoms with Gasteiger partial charge in [-0.15, -0.1) is 0 Å². The fourth-order valence-corrected chi connectivity index (χ4v) is 2.70. The molecule has 1 aromatic carbocycles. The van der Waals surface area contributed by atoms with Crippen LogP contribution in [-0.2, 0) is 4.74 Å². The van der Waals surface area contributed by atoms with Crippen LogP contribution in [0.2, 0.25) is 0 Å². The van der Waals surface area contributed by atoms with Crippen molar-refractivity contribution in [2.24, 2.45) is 0 Å². The van der Waals surface area contributed by atoms with E-state index in [1.165, 1.54) is 12.1 Å². The van der Waals surface area contributed by atoms with Crippen molar-refractivity contribution in [1.29, 1.82) is 0 Å². The summed E-state index contributed by atoms with van der Waals surface area (Å²) >= 11 is 0. The zero-order chi connectivity index (χ0) is 14.8. The Morgan fingerprint density at radius 3 is 3.10 bits per heavy atom. The van der Waals surface area contributed by atoms with Gasteiger partial charge in [0.15, 0.2) is 0 Å². The molecule has 0 radical (unpaired) electrons. The van der Waals surface area contributed by atoms with Crippen LogP contribution in [0.4, 0.5) is 10.1 Å². The lowest BCUT2D eigenvalue weighted by atomic mass is 10.1. The third-order valence-electron chi connectivity index (χ3n) is 3.94. The topological polar surface area (TPSA) is 37.4 Å². The number of ether oxygens (including phenoxy) is 1. The van der Waals surface area contributed by atoms with Gasteiger partial charge in [0, 0.05) is 36.4 Å². The van der Waals surface area contributed by atoms with Gasteiger partial charge in [-0.3, -0.25) is 4.98 Å². The molecule has 1 fully saturated rings. The summed E-state index contributed by atoms with van der Waals surface area (Å²) in [5.41, 5.74) is 1.62. The first-order valence-corrected chi connectivity index (χ1v) is 7.24. The molecule has 4 nitrogen and oxygen atoms in total. The summed E-state index contributed by atoms with van der Waals surface area (Å²) < 4.78 is 19.1. The number of pyridine rings is 1. The molecular weight excluding hydrogens is 269 g/mol.